The lowest BCUT2D eigenvalue weighted by molar-refractivity contribution is 0.0919. The minimum absolute atomic E-state index is 0.0260. The molecule has 1 rings (SSSR count). The summed E-state index contributed by atoms with van der Waals surface area (Å²) in [5.41, 5.74) is 1.62. The van der Waals surface area contributed by atoms with E-state index in [1.54, 1.807) is 0 Å². The van der Waals surface area contributed by atoms with Gasteiger partial charge in [0.15, 0.2) is 0 Å². The first-order valence-electron chi connectivity index (χ1n) is 6.39. The molecule has 1 N–H and O–H groups in total. The summed E-state index contributed by atoms with van der Waals surface area (Å²) in [6.45, 7) is 10.2. The van der Waals surface area contributed by atoms with Crippen LogP contribution in [0.2, 0.25) is 0 Å². The van der Waals surface area contributed by atoms with Gasteiger partial charge in [0, 0.05) is 11.1 Å². The van der Waals surface area contributed by atoms with Gasteiger partial charge in [-0.05, 0) is 44.4 Å². The Morgan fingerprint density at radius 2 is 1.72 bits per heavy atom. The van der Waals surface area contributed by atoms with E-state index in [1.165, 1.54) is 0 Å². The van der Waals surface area contributed by atoms with Crippen molar-refractivity contribution in [2.45, 2.75) is 40.2 Å². The Balaban J connectivity index is 2.74. The molecule has 1 amide bonds. The van der Waals surface area contributed by atoms with E-state index in [2.05, 4.69) is 31.3 Å². The summed E-state index contributed by atoms with van der Waals surface area (Å²) < 4.78 is 0. The minimum atomic E-state index is -0.201. The molecule has 0 saturated heterocycles. The van der Waals surface area contributed by atoms with Crippen LogP contribution in [0.5, 0.6) is 0 Å². The lowest BCUT2D eigenvalue weighted by Crippen LogP contribution is -2.40. The molecular weight excluding hydrogens is 222 g/mol. The third-order valence-corrected chi connectivity index (χ3v) is 2.33. The Hall–Kier alpha value is -1.57. The fourth-order valence-electron chi connectivity index (χ4n) is 1.46. The first kappa shape index (κ1) is 14.5. The number of nitrogens with one attached hydrogen (secondary N) is 1. The summed E-state index contributed by atoms with van der Waals surface area (Å²) in [6, 6.07) is 7.66. The topological polar surface area (TPSA) is 29.1 Å². The molecule has 0 aliphatic carbocycles. The molecule has 18 heavy (non-hydrogen) atoms. The Labute approximate surface area is 110 Å². The third-order valence-electron chi connectivity index (χ3n) is 2.33. The van der Waals surface area contributed by atoms with Crippen molar-refractivity contribution in [3.63, 3.8) is 0 Å². The standard InChI is InChI=1S/C16H23NO/c1-12(2)6-7-13-8-10-14(11-9-13)15(18)17-16(3,4)5/h6-12H,1-5H3,(H,17,18)/b7-6+. The second kappa shape index (κ2) is 5.85. The number of hydrogen-bond donors (Lipinski definition) is 1. The average molecular weight is 245 g/mol. The van der Waals surface area contributed by atoms with Crippen LogP contribution in [0.3, 0.4) is 0 Å². The highest BCUT2D eigenvalue weighted by molar-refractivity contribution is 5.94. The summed E-state index contributed by atoms with van der Waals surface area (Å²) >= 11 is 0. The summed E-state index contributed by atoms with van der Waals surface area (Å²) in [7, 11) is 0. The van der Waals surface area contributed by atoms with Gasteiger partial charge in [0.2, 0.25) is 0 Å². The largest absolute Gasteiger partial charge is 0.347 e. The molecule has 0 aromatic heterocycles. The molecule has 98 valence electrons. The number of allylic oxidation sites excluding steroid dienone is 1. The van der Waals surface area contributed by atoms with Gasteiger partial charge in [0.25, 0.3) is 5.91 Å². The van der Waals surface area contributed by atoms with E-state index in [4.69, 9.17) is 0 Å². The van der Waals surface area contributed by atoms with Crippen LogP contribution < -0.4 is 5.32 Å². The molecule has 0 radical (unpaired) electrons. The molecule has 1 aromatic carbocycles. The number of amides is 1. The zero-order valence-corrected chi connectivity index (χ0v) is 11.9. The Bertz CT molecular complexity index is 421. The van der Waals surface area contributed by atoms with Crippen molar-refractivity contribution in [1.29, 1.82) is 0 Å². The van der Waals surface area contributed by atoms with Gasteiger partial charge in [-0.2, -0.15) is 0 Å². The van der Waals surface area contributed by atoms with E-state index in [-0.39, 0.29) is 11.4 Å². The van der Waals surface area contributed by atoms with Crippen molar-refractivity contribution >= 4 is 12.0 Å². The minimum Gasteiger partial charge on any atom is -0.347 e. The predicted octanol–water partition coefficient (Wildman–Crippen LogP) is 3.88. The van der Waals surface area contributed by atoms with Gasteiger partial charge in [-0.25, -0.2) is 0 Å². The second-order valence-corrected chi connectivity index (χ2v) is 5.93. The lowest BCUT2D eigenvalue weighted by atomic mass is 10.1. The van der Waals surface area contributed by atoms with Gasteiger partial charge in [-0.1, -0.05) is 38.1 Å². The van der Waals surface area contributed by atoms with E-state index < -0.39 is 0 Å². The first-order valence-corrected chi connectivity index (χ1v) is 6.39. The average Bonchev–Trinajstić information content (AvgIpc) is 2.24. The quantitative estimate of drug-likeness (QED) is 0.860. The Kier molecular flexibility index (Phi) is 4.71. The molecule has 0 aliphatic rings. The summed E-state index contributed by atoms with van der Waals surface area (Å²) in [5, 5.41) is 2.95. The maximum Gasteiger partial charge on any atom is 0.251 e. The van der Waals surface area contributed by atoms with Gasteiger partial charge in [-0.3, -0.25) is 4.79 Å². The van der Waals surface area contributed by atoms with Crippen LogP contribution in [-0.4, -0.2) is 11.4 Å². The highest BCUT2D eigenvalue weighted by Gasteiger charge is 2.14. The molecule has 0 spiro atoms. The van der Waals surface area contributed by atoms with Crippen molar-refractivity contribution in [2.24, 2.45) is 5.92 Å². The van der Waals surface area contributed by atoms with Crippen molar-refractivity contribution in [3.05, 3.63) is 41.5 Å². The van der Waals surface area contributed by atoms with E-state index in [9.17, 15) is 4.79 Å². The number of rotatable bonds is 3. The molecule has 0 fully saturated rings. The van der Waals surface area contributed by atoms with Gasteiger partial charge >= 0.3 is 0 Å². The van der Waals surface area contributed by atoms with E-state index in [0.29, 0.717) is 11.5 Å². The zero-order chi connectivity index (χ0) is 13.8. The van der Waals surface area contributed by atoms with Crippen LogP contribution in [0.15, 0.2) is 30.3 Å². The van der Waals surface area contributed by atoms with Gasteiger partial charge in [0.05, 0.1) is 0 Å². The predicted molar refractivity (Wildman–Crippen MR) is 77.5 cm³/mol. The highest BCUT2D eigenvalue weighted by Crippen LogP contribution is 2.09. The smallest absolute Gasteiger partial charge is 0.251 e. The summed E-state index contributed by atoms with van der Waals surface area (Å²) in [5.74, 6) is 0.510. The molecule has 2 nitrogen and oxygen atoms in total. The molecule has 0 atom stereocenters. The Morgan fingerprint density at radius 1 is 1.17 bits per heavy atom. The van der Waals surface area contributed by atoms with Crippen molar-refractivity contribution in [2.75, 3.05) is 0 Å². The lowest BCUT2D eigenvalue weighted by Gasteiger charge is -2.20. The highest BCUT2D eigenvalue weighted by atomic mass is 16.1. The number of benzene rings is 1. The number of carbonyl (C=O) groups is 1. The van der Waals surface area contributed by atoms with E-state index >= 15 is 0 Å². The van der Waals surface area contributed by atoms with Gasteiger partial charge < -0.3 is 5.32 Å². The maximum absolute atomic E-state index is 11.9. The van der Waals surface area contributed by atoms with Crippen LogP contribution in [0.4, 0.5) is 0 Å². The fraction of sp³-hybridized carbons (Fsp3) is 0.438. The van der Waals surface area contributed by atoms with Crippen molar-refractivity contribution < 1.29 is 4.79 Å². The Morgan fingerprint density at radius 3 is 2.17 bits per heavy atom. The van der Waals surface area contributed by atoms with Crippen LogP contribution in [0.25, 0.3) is 6.08 Å². The zero-order valence-electron chi connectivity index (χ0n) is 11.9. The number of carbonyl (C=O) groups excluding carboxylic acids is 1. The SMILES string of the molecule is CC(C)/C=C/c1ccc(C(=O)NC(C)(C)C)cc1. The normalized spacial score (nSPS) is 12.1. The van der Waals surface area contributed by atoms with E-state index in [1.807, 2.05) is 45.0 Å². The summed E-state index contributed by atoms with van der Waals surface area (Å²) in [6.07, 6.45) is 4.22. The second-order valence-electron chi connectivity index (χ2n) is 5.93. The van der Waals surface area contributed by atoms with Crippen LogP contribution in [0.1, 0.15) is 50.5 Å². The van der Waals surface area contributed by atoms with E-state index in [0.717, 1.165) is 5.56 Å². The number of hydrogen-bond acceptors (Lipinski definition) is 1. The monoisotopic (exact) mass is 245 g/mol. The van der Waals surface area contributed by atoms with Gasteiger partial charge in [-0.15, -0.1) is 0 Å². The van der Waals surface area contributed by atoms with Crippen LogP contribution in [-0.2, 0) is 0 Å². The van der Waals surface area contributed by atoms with Crippen LogP contribution in [0, 0.1) is 5.92 Å². The van der Waals surface area contributed by atoms with Crippen molar-refractivity contribution in [1.82, 2.24) is 5.32 Å². The first-order chi connectivity index (χ1) is 8.28. The molecule has 2 heteroatoms. The molecule has 0 unspecified atom stereocenters. The molecule has 1 aromatic rings. The molecule has 0 saturated carbocycles. The van der Waals surface area contributed by atoms with Crippen molar-refractivity contribution in [3.8, 4) is 0 Å². The van der Waals surface area contributed by atoms with Gasteiger partial charge in [0.1, 0.15) is 0 Å². The molecular formula is C16H23NO. The molecule has 0 bridgehead atoms. The summed E-state index contributed by atoms with van der Waals surface area (Å²) in [4.78, 5) is 11.9. The fourth-order valence-corrected chi connectivity index (χ4v) is 1.46. The maximum atomic E-state index is 11.9. The molecule has 0 heterocycles. The van der Waals surface area contributed by atoms with Crippen LogP contribution >= 0.6 is 0 Å². The third kappa shape index (κ3) is 5.17. The molecule has 0 aliphatic heterocycles.